The molecule has 1 atom stereocenters. The quantitative estimate of drug-likeness (QED) is 0.809. The zero-order chi connectivity index (χ0) is 15.1. The van der Waals surface area contributed by atoms with Crippen LogP contribution in [0, 0.1) is 0 Å². The molecular formula is C17H25N3O. The fourth-order valence-corrected chi connectivity index (χ4v) is 2.26. The number of nitrogens with one attached hydrogen (secondary N) is 1. The van der Waals surface area contributed by atoms with E-state index in [-0.39, 0.29) is 0 Å². The summed E-state index contributed by atoms with van der Waals surface area (Å²) < 4.78 is 7.27. The van der Waals surface area contributed by atoms with Gasteiger partial charge in [-0.25, -0.2) is 0 Å². The second-order valence-corrected chi connectivity index (χ2v) is 5.35. The van der Waals surface area contributed by atoms with E-state index in [9.17, 15) is 0 Å². The molecule has 1 aromatic carbocycles. The van der Waals surface area contributed by atoms with Crippen LogP contribution >= 0.6 is 0 Å². The van der Waals surface area contributed by atoms with Gasteiger partial charge in [0.15, 0.2) is 0 Å². The maximum atomic E-state index is 5.23. The lowest BCUT2D eigenvalue weighted by Crippen LogP contribution is -2.15. The smallest absolute Gasteiger partial charge is 0.0762 e. The predicted octanol–water partition coefficient (Wildman–Crippen LogP) is 3.29. The summed E-state index contributed by atoms with van der Waals surface area (Å²) in [5.74, 6) is 0. The maximum Gasteiger partial charge on any atom is 0.0762 e. The van der Waals surface area contributed by atoms with E-state index in [2.05, 4.69) is 54.7 Å². The molecule has 114 valence electrons. The highest BCUT2D eigenvalue weighted by molar-refractivity contribution is 5.26. The van der Waals surface area contributed by atoms with Gasteiger partial charge in [0.05, 0.1) is 12.3 Å². The number of ether oxygens (including phenoxy) is 1. The number of benzene rings is 1. The van der Waals surface area contributed by atoms with Crippen molar-refractivity contribution in [1.29, 1.82) is 0 Å². The van der Waals surface area contributed by atoms with Crippen LogP contribution in [0.15, 0.2) is 36.5 Å². The first-order valence-electron chi connectivity index (χ1n) is 7.55. The van der Waals surface area contributed by atoms with Gasteiger partial charge in [0.1, 0.15) is 0 Å². The van der Waals surface area contributed by atoms with E-state index >= 15 is 0 Å². The maximum absolute atomic E-state index is 5.23. The van der Waals surface area contributed by atoms with E-state index in [1.54, 1.807) is 7.11 Å². The van der Waals surface area contributed by atoms with Crippen LogP contribution in [0.4, 0.5) is 0 Å². The Morgan fingerprint density at radius 1 is 1.19 bits per heavy atom. The monoisotopic (exact) mass is 287 g/mol. The lowest BCUT2D eigenvalue weighted by molar-refractivity contribution is 0.184. The molecule has 1 N–H and O–H groups in total. The lowest BCUT2D eigenvalue weighted by Gasteiger charge is -2.10. The molecule has 0 aliphatic heterocycles. The Balaban J connectivity index is 1.88. The molecule has 0 bridgehead atoms. The molecule has 21 heavy (non-hydrogen) atoms. The molecule has 2 rings (SSSR count). The Bertz CT molecular complexity index is 550. The van der Waals surface area contributed by atoms with Gasteiger partial charge in [-0.1, -0.05) is 31.2 Å². The van der Waals surface area contributed by atoms with Gasteiger partial charge in [0.2, 0.25) is 0 Å². The number of methoxy groups -OCH3 is 1. The Labute approximate surface area is 127 Å². The number of nitrogens with zero attached hydrogens (tertiary/aromatic N) is 2. The fourth-order valence-electron chi connectivity index (χ4n) is 2.26. The second kappa shape index (κ2) is 7.96. The molecule has 1 aromatic heterocycles. The average Bonchev–Trinajstić information content (AvgIpc) is 2.97. The van der Waals surface area contributed by atoms with Crippen molar-refractivity contribution in [2.45, 2.75) is 46.0 Å². The third-order valence-electron chi connectivity index (χ3n) is 3.75. The van der Waals surface area contributed by atoms with Gasteiger partial charge < -0.3 is 10.1 Å². The molecule has 1 unspecified atom stereocenters. The Morgan fingerprint density at radius 2 is 1.95 bits per heavy atom. The Hall–Kier alpha value is -1.65. The van der Waals surface area contributed by atoms with Gasteiger partial charge in [0, 0.05) is 32.4 Å². The predicted molar refractivity (Wildman–Crippen MR) is 84.9 cm³/mol. The summed E-state index contributed by atoms with van der Waals surface area (Å²) in [6.45, 7) is 6.63. The molecule has 0 saturated carbocycles. The van der Waals surface area contributed by atoms with Gasteiger partial charge in [0.25, 0.3) is 0 Å². The molecule has 0 fully saturated rings. The van der Waals surface area contributed by atoms with E-state index < -0.39 is 0 Å². The van der Waals surface area contributed by atoms with Crippen LogP contribution in [0.2, 0.25) is 0 Å². The minimum atomic E-state index is 0.459. The van der Waals surface area contributed by atoms with Crippen molar-refractivity contribution < 1.29 is 4.74 Å². The SMILES string of the molecule is CCC(C)n1ccc(CNCc2ccccc2COC)n1. The highest BCUT2D eigenvalue weighted by atomic mass is 16.5. The van der Waals surface area contributed by atoms with Gasteiger partial charge in [-0.15, -0.1) is 0 Å². The van der Waals surface area contributed by atoms with Crippen LogP contribution in [-0.4, -0.2) is 16.9 Å². The van der Waals surface area contributed by atoms with Crippen molar-refractivity contribution in [1.82, 2.24) is 15.1 Å². The van der Waals surface area contributed by atoms with Gasteiger partial charge >= 0.3 is 0 Å². The molecule has 1 heterocycles. The Kier molecular flexibility index (Phi) is 5.96. The third-order valence-corrected chi connectivity index (χ3v) is 3.75. The Morgan fingerprint density at radius 3 is 2.67 bits per heavy atom. The highest BCUT2D eigenvalue weighted by Crippen LogP contribution is 2.11. The lowest BCUT2D eigenvalue weighted by atomic mass is 10.1. The van der Waals surface area contributed by atoms with Gasteiger partial charge in [-0.2, -0.15) is 5.10 Å². The van der Waals surface area contributed by atoms with E-state index in [0.29, 0.717) is 12.6 Å². The summed E-state index contributed by atoms with van der Waals surface area (Å²) in [6, 6.07) is 10.9. The van der Waals surface area contributed by atoms with E-state index in [0.717, 1.165) is 25.2 Å². The van der Waals surface area contributed by atoms with Crippen molar-refractivity contribution in [3.05, 3.63) is 53.3 Å². The standard InChI is InChI=1S/C17H25N3O/c1-4-14(2)20-10-9-17(19-20)12-18-11-15-7-5-6-8-16(15)13-21-3/h5-10,14,18H,4,11-13H2,1-3H3. The van der Waals surface area contributed by atoms with Crippen LogP contribution in [0.5, 0.6) is 0 Å². The zero-order valence-corrected chi connectivity index (χ0v) is 13.2. The van der Waals surface area contributed by atoms with Crippen LogP contribution in [0.3, 0.4) is 0 Å². The normalized spacial score (nSPS) is 12.5. The fraction of sp³-hybridized carbons (Fsp3) is 0.471. The first-order valence-corrected chi connectivity index (χ1v) is 7.55. The molecule has 2 aromatic rings. The van der Waals surface area contributed by atoms with E-state index in [1.807, 2.05) is 10.7 Å². The van der Waals surface area contributed by atoms with Gasteiger partial charge in [-0.05, 0) is 30.5 Å². The number of aromatic nitrogens is 2. The third kappa shape index (κ3) is 4.41. The first-order chi connectivity index (χ1) is 10.2. The molecule has 0 radical (unpaired) electrons. The van der Waals surface area contributed by atoms with E-state index in [1.165, 1.54) is 11.1 Å². The van der Waals surface area contributed by atoms with Crippen molar-refractivity contribution in [3.63, 3.8) is 0 Å². The molecule has 0 aliphatic carbocycles. The average molecular weight is 287 g/mol. The molecule has 4 nitrogen and oxygen atoms in total. The molecule has 0 spiro atoms. The molecular weight excluding hydrogens is 262 g/mol. The minimum absolute atomic E-state index is 0.459. The van der Waals surface area contributed by atoms with Crippen molar-refractivity contribution in [2.24, 2.45) is 0 Å². The topological polar surface area (TPSA) is 39.1 Å². The van der Waals surface area contributed by atoms with Crippen molar-refractivity contribution in [3.8, 4) is 0 Å². The highest BCUT2D eigenvalue weighted by Gasteiger charge is 2.05. The summed E-state index contributed by atoms with van der Waals surface area (Å²) in [5.41, 5.74) is 3.60. The summed E-state index contributed by atoms with van der Waals surface area (Å²) in [5, 5.41) is 8.06. The van der Waals surface area contributed by atoms with Gasteiger partial charge in [-0.3, -0.25) is 4.68 Å². The van der Waals surface area contributed by atoms with E-state index in [4.69, 9.17) is 4.74 Å². The molecule has 0 aliphatic rings. The second-order valence-electron chi connectivity index (χ2n) is 5.35. The number of rotatable bonds is 8. The van der Waals surface area contributed by atoms with Crippen LogP contribution < -0.4 is 5.32 Å². The van der Waals surface area contributed by atoms with Crippen LogP contribution in [0.25, 0.3) is 0 Å². The first kappa shape index (κ1) is 15.7. The molecule has 0 amide bonds. The number of hydrogen-bond acceptors (Lipinski definition) is 3. The molecule has 4 heteroatoms. The zero-order valence-electron chi connectivity index (χ0n) is 13.2. The van der Waals surface area contributed by atoms with Crippen molar-refractivity contribution >= 4 is 0 Å². The molecule has 0 saturated heterocycles. The summed E-state index contributed by atoms with van der Waals surface area (Å²) in [4.78, 5) is 0. The van der Waals surface area contributed by atoms with Crippen LogP contribution in [0.1, 0.15) is 43.1 Å². The summed E-state index contributed by atoms with van der Waals surface area (Å²) in [7, 11) is 1.73. The van der Waals surface area contributed by atoms with Crippen LogP contribution in [-0.2, 0) is 24.4 Å². The summed E-state index contributed by atoms with van der Waals surface area (Å²) >= 11 is 0. The minimum Gasteiger partial charge on any atom is -0.380 e. The summed E-state index contributed by atoms with van der Waals surface area (Å²) in [6.07, 6.45) is 3.16. The van der Waals surface area contributed by atoms with Crippen molar-refractivity contribution in [2.75, 3.05) is 7.11 Å². The largest absolute Gasteiger partial charge is 0.380 e. The number of hydrogen-bond donors (Lipinski definition) is 1.